The van der Waals surface area contributed by atoms with Crippen molar-refractivity contribution in [3.63, 3.8) is 0 Å². The fourth-order valence-corrected chi connectivity index (χ4v) is 3.60. The first-order chi connectivity index (χ1) is 15.5. The van der Waals surface area contributed by atoms with Gasteiger partial charge in [-0.05, 0) is 43.9 Å². The largest absolute Gasteiger partial charge is 0.493 e. The van der Waals surface area contributed by atoms with Gasteiger partial charge in [0.05, 0.1) is 12.8 Å². The Morgan fingerprint density at radius 2 is 1.88 bits per heavy atom. The van der Waals surface area contributed by atoms with Crippen LogP contribution in [0.25, 0.3) is 10.9 Å². The molecule has 1 heterocycles. The molecule has 33 heavy (non-hydrogen) atoms. The van der Waals surface area contributed by atoms with Gasteiger partial charge in [0.25, 0.3) is 0 Å². The topological polar surface area (TPSA) is 67.6 Å². The van der Waals surface area contributed by atoms with Crippen molar-refractivity contribution in [1.29, 1.82) is 0 Å². The molecule has 1 N–H and O–H groups in total. The Labute approximate surface area is 187 Å². The van der Waals surface area contributed by atoms with Crippen LogP contribution in [-0.4, -0.2) is 40.2 Å². The number of aliphatic hydroxyl groups is 1. The van der Waals surface area contributed by atoms with Gasteiger partial charge in [-0.3, -0.25) is 4.99 Å². The summed E-state index contributed by atoms with van der Waals surface area (Å²) in [6.45, 7) is 3.17. The van der Waals surface area contributed by atoms with Crippen LogP contribution in [0, 0.1) is 18.6 Å². The maximum atomic E-state index is 14.1. The summed E-state index contributed by atoms with van der Waals surface area (Å²) in [5.74, 6) is -2.19. The van der Waals surface area contributed by atoms with Crippen molar-refractivity contribution in [2.45, 2.75) is 44.4 Å². The molecule has 0 aliphatic rings. The van der Waals surface area contributed by atoms with Gasteiger partial charge in [-0.2, -0.15) is 13.2 Å². The van der Waals surface area contributed by atoms with Gasteiger partial charge in [0.1, 0.15) is 17.2 Å². The first kappa shape index (κ1) is 24.5. The minimum absolute atomic E-state index is 0.0366. The van der Waals surface area contributed by atoms with Crippen LogP contribution >= 0.6 is 0 Å². The number of para-hydroxylation sites is 1. The number of hydrogen-bond donors (Lipinski definition) is 1. The monoisotopic (exact) mass is 467 g/mol. The number of ether oxygens (including phenoxy) is 1. The lowest BCUT2D eigenvalue weighted by Crippen LogP contribution is -2.47. The molecule has 5 nitrogen and oxygen atoms in total. The second-order valence-electron chi connectivity index (χ2n) is 7.60. The smallest absolute Gasteiger partial charge is 0.422 e. The minimum atomic E-state index is -5.09. The van der Waals surface area contributed by atoms with E-state index >= 15 is 0 Å². The highest BCUT2D eigenvalue weighted by Crippen LogP contribution is 2.42. The molecule has 3 aromatic rings. The highest BCUT2D eigenvalue weighted by atomic mass is 19.4. The van der Waals surface area contributed by atoms with Crippen molar-refractivity contribution in [1.82, 2.24) is 9.97 Å². The number of nitrogens with zero attached hydrogens (tertiary/aromatic N) is 3. The molecule has 0 saturated carbocycles. The molecule has 0 bridgehead atoms. The maximum absolute atomic E-state index is 14.1. The van der Waals surface area contributed by atoms with E-state index in [-0.39, 0.29) is 40.1 Å². The van der Waals surface area contributed by atoms with Gasteiger partial charge in [-0.15, -0.1) is 0 Å². The summed E-state index contributed by atoms with van der Waals surface area (Å²) in [4.78, 5) is 11.7. The first-order valence-electron chi connectivity index (χ1n) is 10.1. The normalized spacial score (nSPS) is 15.1. The molecule has 176 valence electrons. The van der Waals surface area contributed by atoms with E-state index in [1.165, 1.54) is 31.5 Å². The fraction of sp³-hybridized carbons (Fsp3) is 0.348. The van der Waals surface area contributed by atoms with Crippen LogP contribution in [0.4, 0.5) is 27.6 Å². The maximum Gasteiger partial charge on any atom is 0.422 e. The van der Waals surface area contributed by atoms with E-state index < -0.39 is 35.8 Å². The number of fused-ring (bicyclic) bond motifs is 1. The summed E-state index contributed by atoms with van der Waals surface area (Å²) in [7, 11) is 1.22. The third-order valence-corrected chi connectivity index (χ3v) is 5.40. The van der Waals surface area contributed by atoms with Gasteiger partial charge in [0.15, 0.2) is 17.2 Å². The molecule has 0 radical (unpaired) electrons. The number of aromatic nitrogens is 2. The van der Waals surface area contributed by atoms with E-state index in [0.29, 0.717) is 6.21 Å². The Balaban J connectivity index is 2.04. The van der Waals surface area contributed by atoms with Crippen molar-refractivity contribution in [3.05, 3.63) is 59.6 Å². The predicted octanol–water partition coefficient (Wildman–Crippen LogP) is 5.80. The van der Waals surface area contributed by atoms with Gasteiger partial charge >= 0.3 is 6.18 Å². The standard InChI is InChI=1S/C23H22F5N3O2/c1-4-14(15-6-5-7-18(25)21(15)33-3)10-22(32,23(26,27)28)12-30-19-9-8-17(24)20-16(19)11-29-13(2)31-20/h5-9,11-12,14,32H,4,10H2,1-3H3/t14-,22-/m1/s1. The van der Waals surface area contributed by atoms with Crippen molar-refractivity contribution in [3.8, 4) is 5.75 Å². The van der Waals surface area contributed by atoms with Gasteiger partial charge in [0, 0.05) is 23.4 Å². The average Bonchev–Trinajstić information content (AvgIpc) is 2.76. The third-order valence-electron chi connectivity index (χ3n) is 5.40. The first-order valence-corrected chi connectivity index (χ1v) is 10.1. The van der Waals surface area contributed by atoms with E-state index in [9.17, 15) is 27.1 Å². The summed E-state index contributed by atoms with van der Waals surface area (Å²) in [5, 5.41) is 10.8. The molecule has 1 aromatic heterocycles. The highest BCUT2D eigenvalue weighted by molar-refractivity contribution is 5.91. The zero-order chi connectivity index (χ0) is 24.4. The summed E-state index contributed by atoms with van der Waals surface area (Å²) >= 11 is 0. The number of hydrogen-bond acceptors (Lipinski definition) is 5. The van der Waals surface area contributed by atoms with Crippen molar-refractivity contribution in [2.75, 3.05) is 7.11 Å². The van der Waals surface area contributed by atoms with Crippen LogP contribution in [-0.2, 0) is 0 Å². The Morgan fingerprint density at radius 3 is 2.52 bits per heavy atom. The van der Waals surface area contributed by atoms with Gasteiger partial charge < -0.3 is 9.84 Å². The lowest BCUT2D eigenvalue weighted by molar-refractivity contribution is -0.232. The van der Waals surface area contributed by atoms with E-state index in [1.807, 2.05) is 0 Å². The summed E-state index contributed by atoms with van der Waals surface area (Å²) in [6.07, 6.45) is -4.11. The van der Waals surface area contributed by atoms with Crippen LogP contribution < -0.4 is 4.74 Å². The molecule has 0 amide bonds. The van der Waals surface area contributed by atoms with Gasteiger partial charge in [0.2, 0.25) is 0 Å². The van der Waals surface area contributed by atoms with Crippen LogP contribution in [0.5, 0.6) is 5.75 Å². The molecule has 0 fully saturated rings. The zero-order valence-electron chi connectivity index (χ0n) is 18.1. The molecular formula is C23H22F5N3O2. The molecule has 0 unspecified atom stereocenters. The van der Waals surface area contributed by atoms with Gasteiger partial charge in [-0.25, -0.2) is 18.7 Å². The molecule has 2 atom stereocenters. The number of halogens is 5. The summed E-state index contributed by atoms with van der Waals surface area (Å²) < 4.78 is 75.2. The van der Waals surface area contributed by atoms with E-state index in [4.69, 9.17) is 4.74 Å². The number of aliphatic imine (C=N–C) groups is 1. The fourth-order valence-electron chi connectivity index (χ4n) is 3.60. The van der Waals surface area contributed by atoms with Crippen molar-refractivity contribution >= 4 is 22.8 Å². The number of benzene rings is 2. The number of methoxy groups -OCH3 is 1. The molecule has 10 heteroatoms. The molecule has 3 rings (SSSR count). The molecule has 0 saturated heterocycles. The lowest BCUT2D eigenvalue weighted by Gasteiger charge is -2.31. The molecule has 0 aliphatic carbocycles. The van der Waals surface area contributed by atoms with Crippen LogP contribution in [0.1, 0.15) is 37.1 Å². The Kier molecular flexibility index (Phi) is 6.97. The molecule has 0 spiro atoms. The third kappa shape index (κ3) is 4.95. The van der Waals surface area contributed by atoms with Crippen LogP contribution in [0.2, 0.25) is 0 Å². The molecule has 2 aromatic carbocycles. The van der Waals surface area contributed by atoms with Crippen LogP contribution in [0.15, 0.2) is 41.5 Å². The van der Waals surface area contributed by atoms with Crippen LogP contribution in [0.3, 0.4) is 0 Å². The Bertz CT molecular complexity index is 1180. The van der Waals surface area contributed by atoms with Crippen molar-refractivity contribution < 1.29 is 31.8 Å². The summed E-state index contributed by atoms with van der Waals surface area (Å²) in [6, 6.07) is 6.16. The quantitative estimate of drug-likeness (QED) is 0.352. The van der Waals surface area contributed by atoms with Crippen molar-refractivity contribution in [2.24, 2.45) is 4.99 Å². The number of rotatable bonds is 7. The minimum Gasteiger partial charge on any atom is -0.493 e. The predicted molar refractivity (Wildman–Crippen MR) is 114 cm³/mol. The summed E-state index contributed by atoms with van der Waals surface area (Å²) in [5.41, 5.74) is -3.28. The van der Waals surface area contributed by atoms with E-state index in [2.05, 4.69) is 15.0 Å². The Morgan fingerprint density at radius 1 is 1.15 bits per heavy atom. The second kappa shape index (κ2) is 9.38. The van der Waals surface area contributed by atoms with Gasteiger partial charge in [-0.1, -0.05) is 19.1 Å². The average molecular weight is 467 g/mol. The highest BCUT2D eigenvalue weighted by Gasteiger charge is 2.53. The number of aryl methyl sites for hydroxylation is 1. The van der Waals surface area contributed by atoms with E-state index in [0.717, 1.165) is 12.1 Å². The SMILES string of the molecule is CC[C@H](C[C@@](O)(C=Nc1ccc(F)c2nc(C)ncc12)C(F)(F)F)c1cccc(F)c1OC. The number of alkyl halides is 3. The zero-order valence-corrected chi connectivity index (χ0v) is 18.1. The Hall–Kier alpha value is -3.14. The molecule has 0 aliphatic heterocycles. The molecular weight excluding hydrogens is 445 g/mol. The second-order valence-corrected chi connectivity index (χ2v) is 7.60. The lowest BCUT2D eigenvalue weighted by atomic mass is 9.84. The van der Waals surface area contributed by atoms with E-state index in [1.54, 1.807) is 13.8 Å².